The van der Waals surface area contributed by atoms with Crippen LogP contribution in [0, 0.1) is 5.82 Å². The molecule has 0 bridgehead atoms. The third-order valence-corrected chi connectivity index (χ3v) is 3.25. The lowest BCUT2D eigenvalue weighted by atomic mass is 10.2. The zero-order chi connectivity index (χ0) is 16.9. The van der Waals surface area contributed by atoms with Crippen molar-refractivity contribution in [3.05, 3.63) is 84.1 Å². The molecule has 2 aromatic carbocycles. The van der Waals surface area contributed by atoms with Gasteiger partial charge in [0.15, 0.2) is 5.76 Å². The van der Waals surface area contributed by atoms with Crippen molar-refractivity contribution in [1.29, 1.82) is 0 Å². The van der Waals surface area contributed by atoms with Crippen LogP contribution in [-0.2, 0) is 0 Å². The second-order valence-corrected chi connectivity index (χ2v) is 4.97. The fraction of sp³-hybridized carbons (Fsp3) is 0. The maximum Gasteiger partial charge on any atom is 0.291 e. The summed E-state index contributed by atoms with van der Waals surface area (Å²) < 4.78 is 17.9. The summed E-state index contributed by atoms with van der Waals surface area (Å²) in [4.78, 5) is 23.9. The van der Waals surface area contributed by atoms with Crippen molar-refractivity contribution in [3.63, 3.8) is 0 Å². The molecule has 0 unspecified atom stereocenters. The van der Waals surface area contributed by atoms with Gasteiger partial charge in [-0.05, 0) is 60.7 Å². The van der Waals surface area contributed by atoms with Crippen LogP contribution in [0.25, 0.3) is 0 Å². The highest BCUT2D eigenvalue weighted by Gasteiger charge is 2.09. The van der Waals surface area contributed by atoms with E-state index in [4.69, 9.17) is 4.42 Å². The highest BCUT2D eigenvalue weighted by Crippen LogP contribution is 2.16. The van der Waals surface area contributed by atoms with Crippen LogP contribution in [0.4, 0.5) is 15.8 Å². The minimum absolute atomic E-state index is 0.212. The molecule has 24 heavy (non-hydrogen) atoms. The number of hydrogen-bond acceptors (Lipinski definition) is 3. The predicted molar refractivity (Wildman–Crippen MR) is 87.5 cm³/mol. The van der Waals surface area contributed by atoms with Gasteiger partial charge in [0.1, 0.15) is 5.82 Å². The van der Waals surface area contributed by atoms with Crippen LogP contribution in [-0.4, -0.2) is 11.8 Å². The fourth-order valence-corrected chi connectivity index (χ4v) is 2.04. The number of hydrogen-bond donors (Lipinski definition) is 2. The smallest absolute Gasteiger partial charge is 0.291 e. The van der Waals surface area contributed by atoms with E-state index in [0.29, 0.717) is 16.9 Å². The Kier molecular flexibility index (Phi) is 4.38. The monoisotopic (exact) mass is 324 g/mol. The van der Waals surface area contributed by atoms with Crippen LogP contribution in [0.5, 0.6) is 0 Å². The van der Waals surface area contributed by atoms with Crippen molar-refractivity contribution < 1.29 is 18.4 Å². The van der Waals surface area contributed by atoms with Gasteiger partial charge in [0.05, 0.1) is 6.26 Å². The van der Waals surface area contributed by atoms with Crippen LogP contribution in [0.1, 0.15) is 20.9 Å². The number of rotatable bonds is 4. The Balaban J connectivity index is 1.63. The number of anilines is 2. The van der Waals surface area contributed by atoms with E-state index in [0.717, 1.165) is 0 Å². The number of amides is 2. The van der Waals surface area contributed by atoms with Crippen LogP contribution in [0.2, 0.25) is 0 Å². The summed E-state index contributed by atoms with van der Waals surface area (Å²) in [6.07, 6.45) is 1.42. The Morgan fingerprint density at radius 1 is 0.792 bits per heavy atom. The third kappa shape index (κ3) is 3.67. The van der Waals surface area contributed by atoms with Crippen LogP contribution in [0.3, 0.4) is 0 Å². The van der Waals surface area contributed by atoms with Crippen molar-refractivity contribution in [2.75, 3.05) is 10.6 Å². The first-order valence-corrected chi connectivity index (χ1v) is 7.14. The van der Waals surface area contributed by atoms with E-state index >= 15 is 0 Å². The first kappa shape index (κ1) is 15.5. The largest absolute Gasteiger partial charge is 0.459 e. The number of benzene rings is 2. The number of nitrogens with one attached hydrogen (secondary N) is 2. The molecule has 2 amide bonds. The molecule has 3 rings (SSSR count). The molecule has 1 aromatic heterocycles. The molecule has 0 aliphatic heterocycles. The average Bonchev–Trinajstić information content (AvgIpc) is 3.12. The molecule has 0 spiro atoms. The highest BCUT2D eigenvalue weighted by molar-refractivity contribution is 6.05. The molecular weight excluding hydrogens is 311 g/mol. The van der Waals surface area contributed by atoms with E-state index in [1.165, 1.54) is 30.5 Å². The number of furan rings is 1. The van der Waals surface area contributed by atoms with E-state index in [-0.39, 0.29) is 17.6 Å². The minimum atomic E-state index is -0.400. The first-order chi connectivity index (χ1) is 11.6. The van der Waals surface area contributed by atoms with Gasteiger partial charge in [-0.25, -0.2) is 4.39 Å². The summed E-state index contributed by atoms with van der Waals surface area (Å²) in [6.45, 7) is 0. The second kappa shape index (κ2) is 6.78. The molecular formula is C18H13FN2O3. The normalized spacial score (nSPS) is 10.2. The van der Waals surface area contributed by atoms with Crippen molar-refractivity contribution in [1.82, 2.24) is 0 Å². The average molecular weight is 324 g/mol. The summed E-state index contributed by atoms with van der Waals surface area (Å²) >= 11 is 0. The molecule has 1 heterocycles. The zero-order valence-corrected chi connectivity index (χ0v) is 12.5. The van der Waals surface area contributed by atoms with Crippen molar-refractivity contribution in [2.24, 2.45) is 0 Å². The van der Waals surface area contributed by atoms with E-state index in [9.17, 15) is 14.0 Å². The van der Waals surface area contributed by atoms with Gasteiger partial charge in [0.2, 0.25) is 0 Å². The summed E-state index contributed by atoms with van der Waals surface area (Å²) in [6, 6.07) is 15.1. The molecule has 0 radical (unpaired) electrons. The van der Waals surface area contributed by atoms with Gasteiger partial charge in [-0.15, -0.1) is 0 Å². The number of carbonyl (C=O) groups is 2. The van der Waals surface area contributed by atoms with Crippen LogP contribution in [0.15, 0.2) is 71.3 Å². The molecule has 0 fully saturated rings. The van der Waals surface area contributed by atoms with Gasteiger partial charge < -0.3 is 15.1 Å². The maximum atomic E-state index is 12.9. The van der Waals surface area contributed by atoms with E-state index in [1.54, 1.807) is 36.4 Å². The maximum absolute atomic E-state index is 12.9. The SMILES string of the molecule is O=C(Nc1ccc(NC(=O)c2ccco2)cc1)c1ccc(F)cc1. The fourth-order valence-electron chi connectivity index (χ4n) is 2.04. The van der Waals surface area contributed by atoms with Crippen molar-refractivity contribution >= 4 is 23.2 Å². The lowest BCUT2D eigenvalue weighted by molar-refractivity contribution is 0.0994. The summed E-state index contributed by atoms with van der Waals surface area (Å²) in [5.41, 5.74) is 1.48. The standard InChI is InChI=1S/C18H13FN2O3/c19-13-5-3-12(4-6-13)17(22)20-14-7-9-15(10-8-14)21-18(23)16-2-1-11-24-16/h1-11H,(H,20,22)(H,21,23). The van der Waals surface area contributed by atoms with Gasteiger partial charge in [-0.3, -0.25) is 9.59 Å². The molecule has 6 heteroatoms. The molecule has 5 nitrogen and oxygen atoms in total. The third-order valence-electron chi connectivity index (χ3n) is 3.25. The summed E-state index contributed by atoms with van der Waals surface area (Å²) in [5, 5.41) is 5.37. The second-order valence-electron chi connectivity index (χ2n) is 4.97. The molecule has 120 valence electrons. The van der Waals surface area contributed by atoms with E-state index in [1.807, 2.05) is 0 Å². The topological polar surface area (TPSA) is 71.3 Å². The van der Waals surface area contributed by atoms with Crippen molar-refractivity contribution in [3.8, 4) is 0 Å². The zero-order valence-electron chi connectivity index (χ0n) is 12.5. The van der Waals surface area contributed by atoms with Crippen molar-refractivity contribution in [2.45, 2.75) is 0 Å². The highest BCUT2D eigenvalue weighted by atomic mass is 19.1. The molecule has 0 saturated carbocycles. The van der Waals surface area contributed by atoms with Crippen LogP contribution < -0.4 is 10.6 Å². The van der Waals surface area contributed by atoms with Gasteiger partial charge in [0.25, 0.3) is 11.8 Å². The molecule has 0 aliphatic carbocycles. The van der Waals surface area contributed by atoms with Gasteiger partial charge in [0, 0.05) is 16.9 Å². The Hall–Kier alpha value is -3.41. The predicted octanol–water partition coefficient (Wildman–Crippen LogP) is 3.92. The molecule has 0 aliphatic rings. The lowest BCUT2D eigenvalue weighted by Gasteiger charge is -2.07. The quantitative estimate of drug-likeness (QED) is 0.764. The minimum Gasteiger partial charge on any atom is -0.459 e. The van der Waals surface area contributed by atoms with Gasteiger partial charge in [-0.2, -0.15) is 0 Å². The Labute approximate surface area is 137 Å². The number of halogens is 1. The van der Waals surface area contributed by atoms with E-state index < -0.39 is 5.82 Å². The Bertz CT molecular complexity index is 841. The molecule has 0 saturated heterocycles. The summed E-state index contributed by atoms with van der Waals surface area (Å²) in [5.74, 6) is -0.891. The Morgan fingerprint density at radius 2 is 1.38 bits per heavy atom. The van der Waals surface area contributed by atoms with Crippen LogP contribution >= 0.6 is 0 Å². The Morgan fingerprint density at radius 3 is 1.92 bits per heavy atom. The molecule has 2 N–H and O–H groups in total. The summed E-state index contributed by atoms with van der Waals surface area (Å²) in [7, 11) is 0. The van der Waals surface area contributed by atoms with E-state index in [2.05, 4.69) is 10.6 Å². The molecule has 3 aromatic rings. The molecule has 0 atom stereocenters. The van der Waals surface area contributed by atoms with Gasteiger partial charge >= 0.3 is 0 Å². The van der Waals surface area contributed by atoms with Gasteiger partial charge in [-0.1, -0.05) is 0 Å². The lowest BCUT2D eigenvalue weighted by Crippen LogP contribution is -2.12. The number of carbonyl (C=O) groups excluding carboxylic acids is 2. The first-order valence-electron chi connectivity index (χ1n) is 7.14.